The number of aromatic nitrogens is 2. The molecule has 1 fully saturated rings. The van der Waals surface area contributed by atoms with E-state index in [1.165, 1.54) is 0 Å². The summed E-state index contributed by atoms with van der Waals surface area (Å²) in [6.07, 6.45) is 0. The molecule has 0 atom stereocenters. The van der Waals surface area contributed by atoms with Gasteiger partial charge in [0.15, 0.2) is 0 Å². The third-order valence-corrected chi connectivity index (χ3v) is 5.38. The number of hydrogen-bond acceptors (Lipinski definition) is 4. The predicted molar refractivity (Wildman–Crippen MR) is 112 cm³/mol. The van der Waals surface area contributed by atoms with Crippen molar-refractivity contribution in [2.45, 2.75) is 13.1 Å². The SMILES string of the molecule is O=C(NCc1nc2ccccc2n1CC(=O)N1CCOCC1)c1cccc(Br)c1. The Labute approximate surface area is 176 Å². The molecule has 0 unspecified atom stereocenters. The van der Waals surface area contributed by atoms with Gasteiger partial charge in [0.25, 0.3) is 5.91 Å². The summed E-state index contributed by atoms with van der Waals surface area (Å²) in [6, 6.07) is 14.9. The summed E-state index contributed by atoms with van der Waals surface area (Å²) in [5.74, 6) is 0.483. The van der Waals surface area contributed by atoms with Crippen molar-refractivity contribution in [1.29, 1.82) is 0 Å². The molecule has 1 N–H and O–H groups in total. The maximum absolute atomic E-state index is 12.8. The van der Waals surface area contributed by atoms with E-state index in [0.29, 0.717) is 37.7 Å². The molecule has 8 heteroatoms. The minimum Gasteiger partial charge on any atom is -0.378 e. The molecule has 1 aromatic heterocycles. The standard InChI is InChI=1S/C21H21BrN4O3/c22-16-5-3-4-15(12-16)21(28)23-13-19-24-17-6-1-2-7-18(17)26(19)14-20(27)25-8-10-29-11-9-25/h1-7,12H,8-11,13-14H2,(H,23,28). The zero-order chi connectivity index (χ0) is 20.2. The first-order valence-electron chi connectivity index (χ1n) is 9.45. The zero-order valence-electron chi connectivity index (χ0n) is 15.8. The third kappa shape index (κ3) is 4.49. The number of amides is 2. The molecule has 0 bridgehead atoms. The van der Waals surface area contributed by atoms with E-state index in [-0.39, 0.29) is 24.9 Å². The predicted octanol–water partition coefficient (Wildman–Crippen LogP) is 2.59. The highest BCUT2D eigenvalue weighted by Crippen LogP contribution is 2.17. The lowest BCUT2D eigenvalue weighted by atomic mass is 10.2. The summed E-state index contributed by atoms with van der Waals surface area (Å²) in [5.41, 5.74) is 2.24. The molecule has 0 saturated carbocycles. The Kier molecular flexibility index (Phi) is 5.92. The molecule has 29 heavy (non-hydrogen) atoms. The molecule has 0 radical (unpaired) electrons. The Morgan fingerprint density at radius 3 is 2.69 bits per heavy atom. The fourth-order valence-electron chi connectivity index (χ4n) is 3.38. The van der Waals surface area contributed by atoms with Gasteiger partial charge in [-0.05, 0) is 30.3 Å². The average molecular weight is 457 g/mol. The van der Waals surface area contributed by atoms with Gasteiger partial charge in [-0.25, -0.2) is 4.98 Å². The molecule has 1 aliphatic rings. The highest BCUT2D eigenvalue weighted by Gasteiger charge is 2.20. The number of carbonyl (C=O) groups excluding carboxylic acids is 2. The first kappa shape index (κ1) is 19.6. The van der Waals surface area contributed by atoms with Gasteiger partial charge in [-0.3, -0.25) is 9.59 Å². The quantitative estimate of drug-likeness (QED) is 0.639. The van der Waals surface area contributed by atoms with Gasteiger partial charge in [0.2, 0.25) is 5.91 Å². The number of rotatable bonds is 5. The van der Waals surface area contributed by atoms with Crippen molar-refractivity contribution >= 4 is 38.8 Å². The van der Waals surface area contributed by atoms with E-state index in [2.05, 4.69) is 26.2 Å². The fraction of sp³-hybridized carbons (Fsp3) is 0.286. The maximum Gasteiger partial charge on any atom is 0.251 e. The Morgan fingerprint density at radius 2 is 1.90 bits per heavy atom. The van der Waals surface area contributed by atoms with Gasteiger partial charge in [-0.15, -0.1) is 0 Å². The van der Waals surface area contributed by atoms with Crippen molar-refractivity contribution in [3.05, 3.63) is 64.4 Å². The van der Waals surface area contributed by atoms with Crippen LogP contribution in [0.4, 0.5) is 0 Å². The second-order valence-electron chi connectivity index (χ2n) is 6.79. The van der Waals surface area contributed by atoms with Crippen molar-refractivity contribution in [3.8, 4) is 0 Å². The summed E-state index contributed by atoms with van der Waals surface area (Å²) >= 11 is 3.38. The van der Waals surface area contributed by atoms with Crippen LogP contribution in [0.15, 0.2) is 53.0 Å². The number of nitrogens with one attached hydrogen (secondary N) is 1. The molecular weight excluding hydrogens is 436 g/mol. The van der Waals surface area contributed by atoms with Crippen molar-refractivity contribution in [2.24, 2.45) is 0 Å². The molecule has 2 amide bonds. The van der Waals surface area contributed by atoms with E-state index in [4.69, 9.17) is 4.74 Å². The number of ether oxygens (including phenoxy) is 1. The molecule has 2 heterocycles. The minimum atomic E-state index is -0.190. The minimum absolute atomic E-state index is 0.0241. The zero-order valence-corrected chi connectivity index (χ0v) is 17.4. The van der Waals surface area contributed by atoms with E-state index in [1.807, 2.05) is 45.9 Å². The normalized spacial score (nSPS) is 14.2. The highest BCUT2D eigenvalue weighted by molar-refractivity contribution is 9.10. The molecule has 1 aliphatic heterocycles. The number of hydrogen-bond donors (Lipinski definition) is 1. The summed E-state index contributed by atoms with van der Waals surface area (Å²) in [6.45, 7) is 2.73. The van der Waals surface area contributed by atoms with Crippen LogP contribution < -0.4 is 5.32 Å². The van der Waals surface area contributed by atoms with Crippen LogP contribution in [0.5, 0.6) is 0 Å². The van der Waals surface area contributed by atoms with Crippen LogP contribution >= 0.6 is 15.9 Å². The second-order valence-corrected chi connectivity index (χ2v) is 7.70. The Bertz CT molecular complexity index is 1040. The monoisotopic (exact) mass is 456 g/mol. The molecule has 150 valence electrons. The Morgan fingerprint density at radius 1 is 1.10 bits per heavy atom. The lowest BCUT2D eigenvalue weighted by Gasteiger charge is -2.27. The summed E-state index contributed by atoms with van der Waals surface area (Å²) in [5, 5.41) is 2.91. The molecule has 1 saturated heterocycles. The lowest BCUT2D eigenvalue weighted by molar-refractivity contribution is -0.135. The second kappa shape index (κ2) is 8.75. The first-order valence-corrected chi connectivity index (χ1v) is 10.2. The van der Waals surface area contributed by atoms with E-state index in [9.17, 15) is 9.59 Å². The van der Waals surface area contributed by atoms with Crippen LogP contribution in [-0.2, 0) is 22.6 Å². The van der Waals surface area contributed by atoms with Crippen molar-refractivity contribution in [3.63, 3.8) is 0 Å². The van der Waals surface area contributed by atoms with E-state index in [0.717, 1.165) is 15.5 Å². The molecule has 7 nitrogen and oxygen atoms in total. The largest absolute Gasteiger partial charge is 0.378 e. The van der Waals surface area contributed by atoms with Crippen LogP contribution in [-0.4, -0.2) is 52.6 Å². The number of carbonyl (C=O) groups is 2. The molecule has 0 spiro atoms. The van der Waals surface area contributed by atoms with Gasteiger partial charge in [-0.1, -0.05) is 34.1 Å². The van der Waals surface area contributed by atoms with Crippen LogP contribution in [0.25, 0.3) is 11.0 Å². The van der Waals surface area contributed by atoms with E-state index >= 15 is 0 Å². The van der Waals surface area contributed by atoms with Crippen molar-refractivity contribution in [1.82, 2.24) is 19.8 Å². The molecule has 2 aromatic carbocycles. The number of imidazole rings is 1. The average Bonchev–Trinajstić information content (AvgIpc) is 3.10. The number of benzene rings is 2. The number of fused-ring (bicyclic) bond motifs is 1. The van der Waals surface area contributed by atoms with Crippen LogP contribution in [0.3, 0.4) is 0 Å². The van der Waals surface area contributed by atoms with E-state index < -0.39 is 0 Å². The van der Waals surface area contributed by atoms with Gasteiger partial charge in [0, 0.05) is 23.1 Å². The summed E-state index contributed by atoms with van der Waals surface area (Å²) in [7, 11) is 0. The van der Waals surface area contributed by atoms with Gasteiger partial charge in [0.05, 0.1) is 30.8 Å². The summed E-state index contributed by atoms with van der Waals surface area (Å²) < 4.78 is 8.05. The topological polar surface area (TPSA) is 76.5 Å². The van der Waals surface area contributed by atoms with E-state index in [1.54, 1.807) is 12.1 Å². The number of para-hydroxylation sites is 2. The van der Waals surface area contributed by atoms with Crippen LogP contribution in [0.2, 0.25) is 0 Å². The lowest BCUT2D eigenvalue weighted by Crippen LogP contribution is -2.42. The number of halogens is 1. The summed E-state index contributed by atoms with van der Waals surface area (Å²) in [4.78, 5) is 31.7. The van der Waals surface area contributed by atoms with Gasteiger partial charge < -0.3 is 19.5 Å². The van der Waals surface area contributed by atoms with Gasteiger partial charge in [-0.2, -0.15) is 0 Å². The van der Waals surface area contributed by atoms with Gasteiger partial charge in [0.1, 0.15) is 12.4 Å². The van der Waals surface area contributed by atoms with Crippen molar-refractivity contribution in [2.75, 3.05) is 26.3 Å². The van der Waals surface area contributed by atoms with Crippen LogP contribution in [0, 0.1) is 0 Å². The molecular formula is C21H21BrN4O3. The fourth-order valence-corrected chi connectivity index (χ4v) is 3.78. The molecule has 0 aliphatic carbocycles. The Hall–Kier alpha value is -2.71. The highest BCUT2D eigenvalue weighted by atomic mass is 79.9. The smallest absolute Gasteiger partial charge is 0.251 e. The first-order chi connectivity index (χ1) is 14.1. The number of nitrogens with zero attached hydrogens (tertiary/aromatic N) is 3. The molecule has 3 aromatic rings. The van der Waals surface area contributed by atoms with Crippen molar-refractivity contribution < 1.29 is 14.3 Å². The third-order valence-electron chi connectivity index (χ3n) is 4.88. The maximum atomic E-state index is 12.8. The molecule has 4 rings (SSSR count). The van der Waals surface area contributed by atoms with Crippen LogP contribution in [0.1, 0.15) is 16.2 Å². The van der Waals surface area contributed by atoms with Gasteiger partial charge >= 0.3 is 0 Å². The number of morpholine rings is 1. The Balaban J connectivity index is 1.54.